The summed E-state index contributed by atoms with van der Waals surface area (Å²) in [5.41, 5.74) is 13.0. The van der Waals surface area contributed by atoms with Crippen molar-refractivity contribution in [1.29, 1.82) is 0 Å². The summed E-state index contributed by atoms with van der Waals surface area (Å²) in [5.74, 6) is -0.694. The third-order valence-electron chi connectivity index (χ3n) is 14.9. The number of likely N-dealkylation sites (tertiary alicyclic amines) is 1. The number of nitrogens with one attached hydrogen (secondary N) is 2. The lowest BCUT2D eigenvalue weighted by Crippen LogP contribution is -2.58. The highest BCUT2D eigenvalue weighted by Crippen LogP contribution is 2.35. The number of nitrogens with zero attached hydrogens (tertiary/aromatic N) is 1. The minimum atomic E-state index is -0.716. The van der Waals surface area contributed by atoms with E-state index >= 15 is 0 Å². The molecule has 4 N–H and O–H groups in total. The fourth-order valence-electron chi connectivity index (χ4n) is 10.2. The van der Waals surface area contributed by atoms with Gasteiger partial charge in [0.1, 0.15) is 12.1 Å². The van der Waals surface area contributed by atoms with Crippen LogP contribution in [0.4, 0.5) is 0 Å². The molecule has 0 radical (unpaired) electrons. The fourth-order valence-corrected chi connectivity index (χ4v) is 10.2. The van der Waals surface area contributed by atoms with Crippen molar-refractivity contribution in [2.45, 2.75) is 168 Å². The molecule has 0 unspecified atom stereocenters. The molecular weight excluding hydrogens is 969 g/mol. The fraction of sp³-hybridized carbons (Fsp3) is 0.578. The molecule has 4 aromatic carbocycles. The number of unbranched alkanes of at least 4 members (excludes halogenated alkanes) is 4. The van der Waals surface area contributed by atoms with Crippen LogP contribution >= 0.6 is 0 Å². The van der Waals surface area contributed by atoms with Gasteiger partial charge in [0.2, 0.25) is 17.7 Å². The number of benzene rings is 4. The smallest absolute Gasteiger partial charge is 0.246 e. The van der Waals surface area contributed by atoms with Gasteiger partial charge in [0.05, 0.1) is 37.5 Å². The van der Waals surface area contributed by atoms with E-state index in [1.165, 1.54) is 27.8 Å². The van der Waals surface area contributed by atoms with Crippen LogP contribution in [0.2, 0.25) is 0 Å². The van der Waals surface area contributed by atoms with E-state index < -0.39 is 17.5 Å². The summed E-state index contributed by atoms with van der Waals surface area (Å²) in [7, 11) is 0. The van der Waals surface area contributed by atoms with Crippen molar-refractivity contribution in [2.24, 2.45) is 17.1 Å². The molecule has 4 aromatic rings. The molecule has 0 spiro atoms. The molecule has 3 amide bonds. The Morgan fingerprint density at radius 1 is 0.610 bits per heavy atom. The van der Waals surface area contributed by atoms with Gasteiger partial charge in [-0.2, -0.15) is 0 Å². The number of carbonyl (C=O) groups excluding carboxylic acids is 3. The first kappa shape index (κ1) is 61.2. The van der Waals surface area contributed by atoms with Crippen LogP contribution in [0.5, 0.6) is 0 Å². The van der Waals surface area contributed by atoms with Crippen molar-refractivity contribution in [3.8, 4) is 0 Å². The highest BCUT2D eigenvalue weighted by molar-refractivity contribution is 5.93. The monoisotopic (exact) mass is 1060 g/mol. The number of carbonyl (C=O) groups is 3. The summed E-state index contributed by atoms with van der Waals surface area (Å²) in [5, 5.41) is 6.27. The Balaban J connectivity index is 0.000000289. The van der Waals surface area contributed by atoms with E-state index in [-0.39, 0.29) is 47.9 Å². The standard InChI is InChI=1S/C40H59N3O6.C24H33NO3/c1-6-29(2)37(44)42-36(40(3,4)5)39(46)43-22-15-21-33(43)38(45)41-35-32-20-12-11-19-31(32)27-34(35)49-26-16-25-47-23-13-8-14-24-48-28-30-17-9-7-10-18-30;25-24-22-13-6-5-12-21(22)18-23(24)28-17-9-16-26-14-7-2-8-15-27-19-20-10-3-1-4-11-20/h7,9-12,17-20,29,33-36H,6,8,13-16,21-28H2,1-5H3,(H,41,45)(H,42,44);1,3-6,10-13,23-24H,2,7-9,14-19,25H2/t29-,33+,34-,35+,36-;23-,24+/m11/s1. The number of nitrogens with two attached hydrogens (primary N) is 1. The van der Waals surface area contributed by atoms with Gasteiger partial charge in [0.15, 0.2) is 0 Å². The highest BCUT2D eigenvalue weighted by atomic mass is 16.5. The van der Waals surface area contributed by atoms with E-state index in [9.17, 15) is 14.4 Å². The summed E-state index contributed by atoms with van der Waals surface area (Å²) in [6, 6.07) is 35.4. The normalized spacial score (nSPS) is 19.5. The van der Waals surface area contributed by atoms with Gasteiger partial charge in [-0.3, -0.25) is 14.4 Å². The van der Waals surface area contributed by atoms with Gasteiger partial charge in [-0.15, -0.1) is 0 Å². The predicted molar refractivity (Wildman–Crippen MR) is 304 cm³/mol. The Morgan fingerprint density at radius 2 is 1.09 bits per heavy atom. The quantitative estimate of drug-likeness (QED) is 0.0402. The molecule has 13 nitrogen and oxygen atoms in total. The van der Waals surface area contributed by atoms with Crippen LogP contribution in [0.3, 0.4) is 0 Å². The Kier molecular flexibility index (Phi) is 26.6. The van der Waals surface area contributed by atoms with Crippen LogP contribution < -0.4 is 16.4 Å². The topological polar surface area (TPSA) is 160 Å². The molecule has 1 saturated heterocycles. The Bertz CT molecular complexity index is 2310. The van der Waals surface area contributed by atoms with Crippen LogP contribution in [0.15, 0.2) is 109 Å². The summed E-state index contributed by atoms with van der Waals surface area (Å²) in [6.07, 6.45) is 11.7. The summed E-state index contributed by atoms with van der Waals surface area (Å²) in [6.45, 7) is 17.2. The molecule has 7 atom stereocenters. The Hall–Kier alpha value is -4.99. The first-order valence-corrected chi connectivity index (χ1v) is 28.9. The number of fused-ring (bicyclic) bond motifs is 2. The summed E-state index contributed by atoms with van der Waals surface area (Å²) < 4.78 is 35.4. The van der Waals surface area contributed by atoms with E-state index in [0.29, 0.717) is 52.4 Å². The molecule has 2 aliphatic carbocycles. The second kappa shape index (κ2) is 33.4. The second-order valence-electron chi connectivity index (χ2n) is 22.1. The van der Waals surface area contributed by atoms with Crippen LogP contribution in [0, 0.1) is 11.3 Å². The van der Waals surface area contributed by atoms with E-state index in [0.717, 1.165) is 109 Å². The number of amides is 3. The van der Waals surface area contributed by atoms with Gasteiger partial charge in [0.25, 0.3) is 0 Å². The van der Waals surface area contributed by atoms with Crippen molar-refractivity contribution in [3.63, 3.8) is 0 Å². The van der Waals surface area contributed by atoms with E-state index in [1.807, 2.05) is 89.2 Å². The van der Waals surface area contributed by atoms with E-state index in [1.54, 1.807) is 4.90 Å². The molecule has 422 valence electrons. The van der Waals surface area contributed by atoms with E-state index in [4.69, 9.17) is 34.2 Å². The van der Waals surface area contributed by atoms with Gasteiger partial charge in [-0.25, -0.2) is 0 Å². The first-order valence-electron chi connectivity index (χ1n) is 28.9. The molecule has 0 aromatic heterocycles. The average Bonchev–Trinajstić information content (AvgIpc) is 4.17. The van der Waals surface area contributed by atoms with Crippen molar-refractivity contribution < 1.29 is 42.8 Å². The zero-order valence-electron chi connectivity index (χ0n) is 47.1. The third kappa shape index (κ3) is 20.3. The predicted octanol–water partition coefficient (Wildman–Crippen LogP) is 10.6. The molecule has 3 aliphatic rings. The van der Waals surface area contributed by atoms with Crippen LogP contribution in [0.25, 0.3) is 0 Å². The Labute approximate surface area is 461 Å². The third-order valence-corrected chi connectivity index (χ3v) is 14.9. The highest BCUT2D eigenvalue weighted by Gasteiger charge is 2.44. The van der Waals surface area contributed by atoms with Crippen molar-refractivity contribution >= 4 is 17.7 Å². The van der Waals surface area contributed by atoms with Gasteiger partial charge < -0.3 is 49.7 Å². The maximum absolute atomic E-state index is 13.9. The van der Waals surface area contributed by atoms with Gasteiger partial charge in [0, 0.05) is 78.2 Å². The summed E-state index contributed by atoms with van der Waals surface area (Å²) in [4.78, 5) is 42.3. The zero-order chi connectivity index (χ0) is 54.7. The minimum Gasteiger partial charge on any atom is -0.381 e. The number of ether oxygens (including phenoxy) is 6. The molecule has 0 bridgehead atoms. The Morgan fingerprint density at radius 3 is 1.64 bits per heavy atom. The van der Waals surface area contributed by atoms with Crippen molar-refractivity contribution in [3.05, 3.63) is 143 Å². The maximum atomic E-state index is 13.9. The molecule has 0 saturated carbocycles. The molecule has 1 aliphatic heterocycles. The lowest BCUT2D eigenvalue weighted by atomic mass is 9.85. The molecule has 1 heterocycles. The molecular formula is C64H92N4O9. The van der Waals surface area contributed by atoms with Crippen molar-refractivity contribution in [1.82, 2.24) is 15.5 Å². The van der Waals surface area contributed by atoms with Gasteiger partial charge in [-0.05, 0) is 109 Å². The minimum absolute atomic E-state index is 0.00114. The summed E-state index contributed by atoms with van der Waals surface area (Å²) >= 11 is 0. The van der Waals surface area contributed by atoms with E-state index in [2.05, 4.69) is 65.2 Å². The lowest BCUT2D eigenvalue weighted by Gasteiger charge is -2.36. The SMILES string of the molecule is CC[C@@H](C)C(=O)N[C@H](C(=O)N1CCC[C@H]1C(=O)N[C@H]1c2ccccc2C[C@H]1OCCCOCCCCCOCc1ccccc1)C(C)(C)C.N[C@H]1c2ccccc2C[C@H]1OCCCOCCCCCOCc1ccccc1. The van der Waals surface area contributed by atoms with Crippen LogP contribution in [-0.4, -0.2) is 106 Å². The number of rotatable bonds is 32. The van der Waals surface area contributed by atoms with Gasteiger partial charge in [-0.1, -0.05) is 144 Å². The maximum Gasteiger partial charge on any atom is 0.246 e. The molecule has 13 heteroatoms. The molecule has 7 rings (SSSR count). The molecule has 77 heavy (non-hydrogen) atoms. The first-order chi connectivity index (χ1) is 37.4. The number of hydrogen-bond donors (Lipinski definition) is 3. The van der Waals surface area contributed by atoms with Crippen molar-refractivity contribution in [2.75, 3.05) is 59.4 Å². The largest absolute Gasteiger partial charge is 0.381 e. The van der Waals surface area contributed by atoms with Crippen LogP contribution in [0.1, 0.15) is 151 Å². The average molecular weight is 1060 g/mol. The van der Waals surface area contributed by atoms with Crippen LogP contribution in [-0.2, 0) is 68.9 Å². The zero-order valence-corrected chi connectivity index (χ0v) is 47.1. The lowest BCUT2D eigenvalue weighted by molar-refractivity contribution is -0.144. The van der Waals surface area contributed by atoms with Gasteiger partial charge >= 0.3 is 0 Å². The number of hydrogen-bond acceptors (Lipinski definition) is 10. The second-order valence-corrected chi connectivity index (χ2v) is 22.1. The molecule has 1 fully saturated rings.